The molecule has 1 aromatic heterocycles. The summed E-state index contributed by atoms with van der Waals surface area (Å²) in [4.78, 5) is 5.32. The summed E-state index contributed by atoms with van der Waals surface area (Å²) in [5.74, 6) is 0. The summed E-state index contributed by atoms with van der Waals surface area (Å²) in [6.07, 6.45) is 3.02. The van der Waals surface area contributed by atoms with Crippen molar-refractivity contribution in [1.82, 2.24) is 4.98 Å². The first kappa shape index (κ1) is 18.8. The first-order valence-electron chi connectivity index (χ1n) is 9.44. The zero-order valence-corrected chi connectivity index (χ0v) is 15.7. The maximum absolute atomic E-state index is 12.9. The first-order valence-corrected chi connectivity index (χ1v) is 10.3. The second kappa shape index (κ2) is 7.84. The van der Waals surface area contributed by atoms with E-state index >= 15 is 0 Å². The molecule has 4 rings (SSSR count). The molecule has 2 saturated carbocycles. The number of hydrogen-bond donors (Lipinski definition) is 0. The van der Waals surface area contributed by atoms with Gasteiger partial charge in [-0.1, -0.05) is 25.0 Å². The predicted octanol–water partition coefficient (Wildman–Crippen LogP) is 6.40. The minimum atomic E-state index is -4.38. The average Bonchev–Trinajstić information content (AvgIpc) is 3.31. The highest BCUT2D eigenvalue weighted by Crippen LogP contribution is 2.40. The summed E-state index contributed by atoms with van der Waals surface area (Å²) in [6.45, 7) is 0. The van der Waals surface area contributed by atoms with Gasteiger partial charge in [0, 0.05) is 16.3 Å². The molecular formula is C21H22F3NOS. The van der Waals surface area contributed by atoms with E-state index in [2.05, 4.69) is 17.1 Å². The van der Waals surface area contributed by atoms with E-state index in [-0.39, 0.29) is 6.10 Å². The van der Waals surface area contributed by atoms with Crippen LogP contribution in [-0.4, -0.2) is 16.3 Å². The molecule has 1 unspecified atom stereocenters. The van der Waals surface area contributed by atoms with Crippen molar-refractivity contribution < 1.29 is 17.9 Å². The molecule has 6 heteroatoms. The molecule has 0 saturated heterocycles. The molecule has 2 aliphatic rings. The highest BCUT2D eigenvalue weighted by molar-refractivity contribution is 8.00. The molecule has 0 N–H and O–H groups in total. The Kier molecular flexibility index (Phi) is 5.46. The van der Waals surface area contributed by atoms with Crippen LogP contribution in [0.15, 0.2) is 47.5 Å². The van der Waals surface area contributed by atoms with Crippen molar-refractivity contribution in [2.45, 2.75) is 67.1 Å². The van der Waals surface area contributed by atoms with Crippen LogP contribution in [0.3, 0.4) is 0 Å². The number of rotatable bonds is 6. The Hall–Kier alpha value is -1.53. The Bertz CT molecular complexity index is 750. The Morgan fingerprint density at radius 3 is 2.22 bits per heavy atom. The predicted molar refractivity (Wildman–Crippen MR) is 99.7 cm³/mol. The van der Waals surface area contributed by atoms with Gasteiger partial charge in [-0.3, -0.25) is 4.98 Å². The molecule has 1 aromatic carbocycles. The quantitative estimate of drug-likeness (QED) is 0.567. The summed E-state index contributed by atoms with van der Waals surface area (Å²) in [5, 5.41) is 0.734. The molecular weight excluding hydrogens is 371 g/mol. The second-order valence-electron chi connectivity index (χ2n) is 7.28. The third kappa shape index (κ3) is 4.85. The smallest absolute Gasteiger partial charge is 0.364 e. The third-order valence-corrected chi connectivity index (χ3v) is 6.37. The zero-order chi connectivity index (χ0) is 18.9. The van der Waals surface area contributed by atoms with E-state index in [9.17, 15) is 13.2 Å². The highest BCUT2D eigenvalue weighted by Gasteiger charge is 2.32. The molecule has 0 amide bonds. The van der Waals surface area contributed by atoms with E-state index in [1.807, 2.05) is 23.9 Å². The number of hydrogen-bond acceptors (Lipinski definition) is 3. The minimum absolute atomic E-state index is 0.139. The van der Waals surface area contributed by atoms with Gasteiger partial charge in [-0.15, -0.1) is 11.8 Å². The van der Waals surface area contributed by atoms with Crippen molar-refractivity contribution in [2.75, 3.05) is 0 Å². The maximum Gasteiger partial charge on any atom is 0.417 e. The SMILES string of the molecule is FC(F)(F)c1ccc(C(OC2CCCC2)c2ccc(SC3CC3)cc2)nc1. The molecule has 1 atom stereocenters. The average molecular weight is 393 g/mol. The lowest BCUT2D eigenvalue weighted by Crippen LogP contribution is -2.16. The van der Waals surface area contributed by atoms with Crippen molar-refractivity contribution in [3.05, 3.63) is 59.4 Å². The number of thioether (sulfide) groups is 1. The Morgan fingerprint density at radius 2 is 1.67 bits per heavy atom. The van der Waals surface area contributed by atoms with Crippen LogP contribution in [-0.2, 0) is 10.9 Å². The summed E-state index contributed by atoms with van der Waals surface area (Å²) < 4.78 is 44.8. The van der Waals surface area contributed by atoms with Crippen LogP contribution < -0.4 is 0 Å². The van der Waals surface area contributed by atoms with Gasteiger partial charge in [0.15, 0.2) is 0 Å². The van der Waals surface area contributed by atoms with Gasteiger partial charge in [-0.05, 0) is 55.5 Å². The lowest BCUT2D eigenvalue weighted by molar-refractivity contribution is -0.137. The van der Waals surface area contributed by atoms with Gasteiger partial charge in [0.1, 0.15) is 6.10 Å². The lowest BCUT2D eigenvalue weighted by atomic mass is 10.0. The van der Waals surface area contributed by atoms with Crippen LogP contribution in [0, 0.1) is 0 Å². The van der Waals surface area contributed by atoms with Crippen LogP contribution in [0.2, 0.25) is 0 Å². The topological polar surface area (TPSA) is 22.1 Å². The van der Waals surface area contributed by atoms with Crippen LogP contribution in [0.4, 0.5) is 13.2 Å². The zero-order valence-electron chi connectivity index (χ0n) is 14.9. The largest absolute Gasteiger partial charge is 0.417 e. The van der Waals surface area contributed by atoms with Crippen molar-refractivity contribution in [2.24, 2.45) is 0 Å². The molecule has 144 valence electrons. The van der Waals surface area contributed by atoms with Crippen LogP contribution in [0.25, 0.3) is 0 Å². The van der Waals surface area contributed by atoms with Gasteiger partial charge in [0.25, 0.3) is 0 Å². The summed E-state index contributed by atoms with van der Waals surface area (Å²) in [5.41, 5.74) is 0.730. The van der Waals surface area contributed by atoms with Gasteiger partial charge in [0.05, 0.1) is 17.4 Å². The normalized spacial score (nSPS) is 19.4. The Balaban J connectivity index is 1.57. The van der Waals surface area contributed by atoms with Gasteiger partial charge in [-0.25, -0.2) is 0 Å². The first-order chi connectivity index (χ1) is 13.0. The molecule has 27 heavy (non-hydrogen) atoms. The minimum Gasteiger partial charge on any atom is -0.364 e. The van der Waals surface area contributed by atoms with Crippen molar-refractivity contribution in [3.63, 3.8) is 0 Å². The number of aromatic nitrogens is 1. The fourth-order valence-electron chi connectivity index (χ4n) is 3.36. The molecule has 2 aromatic rings. The van der Waals surface area contributed by atoms with Crippen LogP contribution >= 0.6 is 11.8 Å². The van der Waals surface area contributed by atoms with E-state index in [4.69, 9.17) is 4.74 Å². The number of alkyl halides is 3. The maximum atomic E-state index is 12.9. The lowest BCUT2D eigenvalue weighted by Gasteiger charge is -2.23. The number of halogens is 3. The van der Waals surface area contributed by atoms with E-state index in [1.165, 1.54) is 23.8 Å². The molecule has 2 fully saturated rings. The Morgan fingerprint density at radius 1 is 0.963 bits per heavy atom. The van der Waals surface area contributed by atoms with Gasteiger partial charge in [0.2, 0.25) is 0 Å². The highest BCUT2D eigenvalue weighted by atomic mass is 32.2. The number of pyridine rings is 1. The third-order valence-electron chi connectivity index (χ3n) is 5.02. The molecule has 0 radical (unpaired) electrons. The van der Waals surface area contributed by atoms with Gasteiger partial charge >= 0.3 is 6.18 Å². The summed E-state index contributed by atoms with van der Waals surface area (Å²) >= 11 is 1.88. The standard InChI is InChI=1S/C21H22F3NOS/c22-21(23,24)15-7-12-19(25-13-15)20(26-16-3-1-2-4-16)14-5-8-17(9-6-14)27-18-10-11-18/h5-9,12-13,16,18,20H,1-4,10-11H2. The summed E-state index contributed by atoms with van der Waals surface area (Å²) in [7, 11) is 0. The number of ether oxygens (including phenoxy) is 1. The van der Waals surface area contributed by atoms with Crippen LogP contribution in [0.5, 0.6) is 0 Å². The molecule has 0 spiro atoms. The molecule has 2 nitrogen and oxygen atoms in total. The monoisotopic (exact) mass is 393 g/mol. The second-order valence-corrected chi connectivity index (χ2v) is 8.65. The molecule has 0 bridgehead atoms. The fraction of sp³-hybridized carbons (Fsp3) is 0.476. The van der Waals surface area contributed by atoms with E-state index in [0.29, 0.717) is 5.69 Å². The van der Waals surface area contributed by atoms with Crippen LogP contribution in [0.1, 0.15) is 61.4 Å². The summed E-state index contributed by atoms with van der Waals surface area (Å²) in [6, 6.07) is 10.7. The van der Waals surface area contributed by atoms with Gasteiger partial charge < -0.3 is 4.74 Å². The number of benzene rings is 1. The van der Waals surface area contributed by atoms with E-state index < -0.39 is 17.8 Å². The number of nitrogens with zero attached hydrogens (tertiary/aromatic N) is 1. The molecule has 1 heterocycles. The van der Waals surface area contributed by atoms with Gasteiger partial charge in [-0.2, -0.15) is 13.2 Å². The van der Waals surface area contributed by atoms with Crippen molar-refractivity contribution in [1.29, 1.82) is 0 Å². The molecule has 2 aliphatic carbocycles. The van der Waals surface area contributed by atoms with Crippen molar-refractivity contribution >= 4 is 11.8 Å². The molecule has 0 aliphatic heterocycles. The Labute approximate surface area is 161 Å². The van der Waals surface area contributed by atoms with E-state index in [0.717, 1.165) is 48.8 Å². The van der Waals surface area contributed by atoms with Crippen molar-refractivity contribution in [3.8, 4) is 0 Å². The van der Waals surface area contributed by atoms with E-state index in [1.54, 1.807) is 0 Å². The fourth-order valence-corrected chi connectivity index (χ4v) is 4.41.